The minimum absolute atomic E-state index is 0.0314. The van der Waals surface area contributed by atoms with Crippen LogP contribution >= 0.6 is 0 Å². The van der Waals surface area contributed by atoms with E-state index in [1.54, 1.807) is 6.07 Å². The van der Waals surface area contributed by atoms with E-state index in [4.69, 9.17) is 9.15 Å². The Balaban J connectivity index is 1.70. The molecule has 1 aliphatic rings. The molecule has 3 rings (SSSR count). The summed E-state index contributed by atoms with van der Waals surface area (Å²) in [7, 11) is -2.89. The van der Waals surface area contributed by atoms with Gasteiger partial charge in [0.15, 0.2) is 23.2 Å². The number of methoxy groups -OCH3 is 1. The Labute approximate surface area is 159 Å². The fraction of sp³-hybridized carbons (Fsp3) is 0.353. The molecule has 1 fully saturated rings. The fourth-order valence-corrected chi connectivity index (χ4v) is 4.32. The summed E-state index contributed by atoms with van der Waals surface area (Å²) in [5.41, 5.74) is 0. The number of sulfonamides is 1. The van der Waals surface area contributed by atoms with Crippen molar-refractivity contribution < 1.29 is 35.5 Å². The van der Waals surface area contributed by atoms with E-state index >= 15 is 0 Å². The normalized spacial score (nSPS) is 15.8. The number of carbonyl (C=O) groups excluding carboxylic acids is 1. The highest BCUT2D eigenvalue weighted by Gasteiger charge is 2.34. The van der Waals surface area contributed by atoms with Crippen LogP contribution in [0.2, 0.25) is 0 Å². The van der Waals surface area contributed by atoms with E-state index in [1.165, 1.54) is 18.1 Å². The Hall–Kier alpha value is -2.37. The van der Waals surface area contributed by atoms with Crippen LogP contribution in [0.1, 0.15) is 16.3 Å². The van der Waals surface area contributed by atoms with Gasteiger partial charge < -0.3 is 14.1 Å². The van der Waals surface area contributed by atoms with Crippen molar-refractivity contribution in [1.29, 1.82) is 0 Å². The van der Waals surface area contributed by atoms with Crippen molar-refractivity contribution in [2.24, 2.45) is 0 Å². The second-order valence-electron chi connectivity index (χ2n) is 6.07. The summed E-state index contributed by atoms with van der Waals surface area (Å²) >= 11 is 0. The van der Waals surface area contributed by atoms with Gasteiger partial charge in [0.1, 0.15) is 17.3 Å². The quantitative estimate of drug-likeness (QED) is 0.694. The number of hydrogen-bond acceptors (Lipinski definition) is 5. The first-order valence-electron chi connectivity index (χ1n) is 8.26. The summed E-state index contributed by atoms with van der Waals surface area (Å²) in [4.78, 5) is 12.9. The van der Waals surface area contributed by atoms with Crippen molar-refractivity contribution in [3.8, 4) is 0 Å². The second-order valence-corrected chi connectivity index (χ2v) is 7.98. The SMILES string of the molecule is COCc1ccc(C(=O)N2CCN(S(=O)(=O)c3ccc(F)c(F)c3F)CC2)o1. The number of nitrogens with zero attached hydrogens (tertiary/aromatic N) is 2. The number of benzene rings is 1. The van der Waals surface area contributed by atoms with Gasteiger partial charge in [0, 0.05) is 33.3 Å². The van der Waals surface area contributed by atoms with Crippen LogP contribution < -0.4 is 0 Å². The third kappa shape index (κ3) is 3.77. The zero-order chi connectivity index (χ0) is 20.5. The van der Waals surface area contributed by atoms with Gasteiger partial charge >= 0.3 is 0 Å². The monoisotopic (exact) mass is 418 g/mol. The number of halogens is 3. The summed E-state index contributed by atoms with van der Waals surface area (Å²) in [6.45, 7) is 0.0166. The maximum atomic E-state index is 13.9. The number of carbonyl (C=O) groups is 1. The van der Waals surface area contributed by atoms with Gasteiger partial charge in [-0.05, 0) is 24.3 Å². The van der Waals surface area contributed by atoms with E-state index in [9.17, 15) is 26.4 Å². The van der Waals surface area contributed by atoms with Gasteiger partial charge in [-0.2, -0.15) is 4.31 Å². The number of hydrogen-bond donors (Lipinski definition) is 0. The van der Waals surface area contributed by atoms with Gasteiger partial charge in [-0.3, -0.25) is 4.79 Å². The van der Waals surface area contributed by atoms with Gasteiger partial charge in [-0.15, -0.1) is 0 Å². The zero-order valence-corrected chi connectivity index (χ0v) is 15.6. The average Bonchev–Trinajstić information content (AvgIpc) is 3.14. The summed E-state index contributed by atoms with van der Waals surface area (Å²) in [6.07, 6.45) is 0. The van der Waals surface area contributed by atoms with E-state index in [2.05, 4.69) is 0 Å². The van der Waals surface area contributed by atoms with Crippen LogP contribution in [0.5, 0.6) is 0 Å². The van der Waals surface area contributed by atoms with Gasteiger partial charge in [0.2, 0.25) is 10.0 Å². The topological polar surface area (TPSA) is 80.1 Å². The Bertz CT molecular complexity index is 985. The molecule has 7 nitrogen and oxygen atoms in total. The largest absolute Gasteiger partial charge is 0.453 e. The van der Waals surface area contributed by atoms with Crippen LogP contribution in [0.25, 0.3) is 0 Å². The van der Waals surface area contributed by atoms with Crippen LogP contribution in [0, 0.1) is 17.5 Å². The van der Waals surface area contributed by atoms with Crippen molar-refractivity contribution in [3.63, 3.8) is 0 Å². The minimum Gasteiger partial charge on any atom is -0.453 e. The van der Waals surface area contributed by atoms with Crippen LogP contribution in [0.15, 0.2) is 33.6 Å². The molecule has 0 spiro atoms. The van der Waals surface area contributed by atoms with Crippen LogP contribution in [0.3, 0.4) is 0 Å². The van der Waals surface area contributed by atoms with Crippen LogP contribution in [-0.2, 0) is 21.4 Å². The van der Waals surface area contributed by atoms with Crippen LogP contribution in [-0.4, -0.2) is 56.8 Å². The van der Waals surface area contributed by atoms with E-state index in [0.29, 0.717) is 17.9 Å². The molecule has 1 aromatic heterocycles. The molecule has 2 heterocycles. The van der Waals surface area contributed by atoms with Crippen molar-refractivity contribution in [3.05, 3.63) is 53.2 Å². The molecule has 0 bridgehead atoms. The molecule has 1 saturated heterocycles. The van der Waals surface area contributed by atoms with Crippen molar-refractivity contribution >= 4 is 15.9 Å². The maximum Gasteiger partial charge on any atom is 0.289 e. The molecule has 152 valence electrons. The maximum absolute atomic E-state index is 13.9. The molecule has 0 atom stereocenters. The van der Waals surface area contributed by atoms with Gasteiger partial charge in [0.05, 0.1) is 0 Å². The molecule has 0 unspecified atom stereocenters. The van der Waals surface area contributed by atoms with Gasteiger partial charge in [0.25, 0.3) is 5.91 Å². The molecule has 0 N–H and O–H groups in total. The van der Waals surface area contributed by atoms with E-state index in [-0.39, 0.29) is 38.5 Å². The third-order valence-electron chi connectivity index (χ3n) is 4.30. The lowest BCUT2D eigenvalue weighted by Gasteiger charge is -2.33. The Morgan fingerprint density at radius 3 is 2.39 bits per heavy atom. The average molecular weight is 418 g/mol. The molecule has 28 heavy (non-hydrogen) atoms. The number of amides is 1. The van der Waals surface area contributed by atoms with E-state index in [1.807, 2.05) is 0 Å². The standard InChI is InChI=1S/C17H17F3N2O5S/c1-26-10-11-2-4-13(27-11)17(23)21-6-8-22(9-7-21)28(24,25)14-5-3-12(18)15(19)16(14)20/h2-5H,6-10H2,1H3. The molecule has 0 saturated carbocycles. The lowest BCUT2D eigenvalue weighted by molar-refractivity contribution is 0.0658. The van der Waals surface area contributed by atoms with Crippen molar-refractivity contribution in [1.82, 2.24) is 9.21 Å². The Kier molecular flexibility index (Phi) is 5.77. The molecule has 1 aliphatic heterocycles. The molecule has 2 aromatic rings. The first-order chi connectivity index (χ1) is 13.3. The first-order valence-corrected chi connectivity index (χ1v) is 9.70. The molecule has 1 amide bonds. The number of ether oxygens (including phenoxy) is 1. The minimum atomic E-state index is -4.38. The predicted octanol–water partition coefficient (Wildman–Crippen LogP) is 1.99. The summed E-state index contributed by atoms with van der Waals surface area (Å²) in [6, 6.07) is 4.33. The molecule has 11 heteroatoms. The summed E-state index contributed by atoms with van der Waals surface area (Å²) in [5, 5.41) is 0. The lowest BCUT2D eigenvalue weighted by Crippen LogP contribution is -2.50. The summed E-state index contributed by atoms with van der Waals surface area (Å²) in [5.74, 6) is -4.94. The molecule has 0 aliphatic carbocycles. The molecule has 1 aromatic carbocycles. The molecular weight excluding hydrogens is 401 g/mol. The van der Waals surface area contributed by atoms with Gasteiger partial charge in [-0.25, -0.2) is 21.6 Å². The van der Waals surface area contributed by atoms with Gasteiger partial charge in [-0.1, -0.05) is 0 Å². The number of furan rings is 1. The lowest BCUT2D eigenvalue weighted by atomic mass is 10.3. The van der Waals surface area contributed by atoms with E-state index in [0.717, 1.165) is 4.31 Å². The van der Waals surface area contributed by atoms with E-state index < -0.39 is 38.3 Å². The smallest absolute Gasteiger partial charge is 0.289 e. The highest BCUT2D eigenvalue weighted by Crippen LogP contribution is 2.24. The molecular formula is C17H17F3N2O5S. The number of rotatable bonds is 5. The van der Waals surface area contributed by atoms with Crippen molar-refractivity contribution in [2.75, 3.05) is 33.3 Å². The fourth-order valence-electron chi connectivity index (χ4n) is 2.85. The molecule has 0 radical (unpaired) electrons. The first kappa shape index (κ1) is 20.4. The second kappa shape index (κ2) is 7.94. The summed E-state index contributed by atoms with van der Waals surface area (Å²) < 4.78 is 76.7. The third-order valence-corrected chi connectivity index (χ3v) is 6.22. The zero-order valence-electron chi connectivity index (χ0n) is 14.8. The van der Waals surface area contributed by atoms with Crippen molar-refractivity contribution in [2.45, 2.75) is 11.5 Å². The Morgan fingerprint density at radius 2 is 1.75 bits per heavy atom. The number of piperazine rings is 1. The Morgan fingerprint density at radius 1 is 1.07 bits per heavy atom. The highest BCUT2D eigenvalue weighted by molar-refractivity contribution is 7.89. The van der Waals surface area contributed by atoms with Crippen LogP contribution in [0.4, 0.5) is 13.2 Å². The predicted molar refractivity (Wildman–Crippen MR) is 90.4 cm³/mol. The highest BCUT2D eigenvalue weighted by atomic mass is 32.2.